The van der Waals surface area contributed by atoms with Gasteiger partial charge >= 0.3 is 5.97 Å². The summed E-state index contributed by atoms with van der Waals surface area (Å²) in [4.78, 5) is 17.9. The summed E-state index contributed by atoms with van der Waals surface area (Å²) in [6.07, 6.45) is 0. The first-order valence-corrected chi connectivity index (χ1v) is 11.5. The lowest BCUT2D eigenvalue weighted by Crippen LogP contribution is -2.30. The van der Waals surface area contributed by atoms with E-state index in [2.05, 4.69) is 37.9 Å². The molecule has 35 heavy (non-hydrogen) atoms. The van der Waals surface area contributed by atoms with E-state index in [0.29, 0.717) is 5.75 Å². The van der Waals surface area contributed by atoms with E-state index in [-0.39, 0.29) is 28.5 Å². The molecule has 2 unspecified atom stereocenters. The lowest BCUT2D eigenvalue weighted by Gasteiger charge is -2.21. The summed E-state index contributed by atoms with van der Waals surface area (Å²) in [5, 5.41) is 9.87. The monoisotopic (exact) mass is 472 g/mol. The highest BCUT2D eigenvalue weighted by molar-refractivity contribution is 5.92. The standard InChI is InChI=1S/C29H29FN2O3/c1-27(2,3)20-14-12-18(13-15-20)23-28(4,5)29(23,26(33)34-6)24-19(17-31)16-22(30)25(32-24)35-21-10-8-7-9-11-21/h7-16,23H,1-6H3. The topological polar surface area (TPSA) is 72.2 Å². The molecule has 2 aromatic carbocycles. The largest absolute Gasteiger partial charge is 0.468 e. The minimum absolute atomic E-state index is 0.0183. The molecule has 1 fully saturated rings. The van der Waals surface area contributed by atoms with Gasteiger partial charge in [-0.3, -0.25) is 4.79 Å². The van der Waals surface area contributed by atoms with Gasteiger partial charge in [-0.05, 0) is 40.2 Å². The van der Waals surface area contributed by atoms with E-state index in [9.17, 15) is 14.4 Å². The third-order valence-electron chi connectivity index (χ3n) is 7.10. The lowest BCUT2D eigenvalue weighted by atomic mass is 9.85. The number of carbonyl (C=O) groups is 1. The average molecular weight is 473 g/mol. The number of aromatic nitrogens is 1. The van der Waals surface area contributed by atoms with Crippen LogP contribution < -0.4 is 4.74 Å². The van der Waals surface area contributed by atoms with Gasteiger partial charge in [0.25, 0.3) is 5.88 Å². The first-order valence-electron chi connectivity index (χ1n) is 11.5. The Morgan fingerprint density at radius 2 is 1.71 bits per heavy atom. The summed E-state index contributed by atoms with van der Waals surface area (Å²) in [7, 11) is 1.31. The zero-order valence-corrected chi connectivity index (χ0v) is 20.8. The molecule has 1 saturated carbocycles. The Bertz CT molecular complexity index is 1300. The first-order chi connectivity index (χ1) is 16.5. The van der Waals surface area contributed by atoms with E-state index in [0.717, 1.165) is 11.6 Å². The van der Waals surface area contributed by atoms with Crippen molar-refractivity contribution >= 4 is 5.97 Å². The number of rotatable bonds is 5. The summed E-state index contributed by atoms with van der Waals surface area (Å²) in [5.41, 5.74) is 0.285. The molecule has 4 rings (SSSR count). The van der Waals surface area contributed by atoms with Crippen molar-refractivity contribution in [1.82, 2.24) is 4.98 Å². The van der Waals surface area contributed by atoms with Gasteiger partial charge in [-0.1, -0.05) is 77.1 Å². The number of nitrogens with zero attached hydrogens (tertiary/aromatic N) is 2. The number of para-hydroxylation sites is 1. The SMILES string of the molecule is COC(=O)C1(c2nc(Oc3ccccc3)c(F)cc2C#N)C(c2ccc(C(C)(C)C)cc2)C1(C)C. The van der Waals surface area contributed by atoms with Crippen molar-refractivity contribution in [3.8, 4) is 17.7 Å². The Hall–Kier alpha value is -3.72. The molecule has 0 bridgehead atoms. The Balaban J connectivity index is 1.88. The highest BCUT2D eigenvalue weighted by atomic mass is 19.1. The van der Waals surface area contributed by atoms with E-state index in [1.54, 1.807) is 24.3 Å². The number of benzene rings is 2. The van der Waals surface area contributed by atoms with Crippen molar-refractivity contribution in [2.75, 3.05) is 7.11 Å². The van der Waals surface area contributed by atoms with Crippen molar-refractivity contribution in [3.63, 3.8) is 0 Å². The molecule has 1 aliphatic rings. The molecule has 5 nitrogen and oxygen atoms in total. The van der Waals surface area contributed by atoms with Crippen LogP contribution in [-0.4, -0.2) is 18.1 Å². The zero-order valence-electron chi connectivity index (χ0n) is 20.8. The second kappa shape index (κ2) is 8.49. The number of esters is 1. The summed E-state index contributed by atoms with van der Waals surface area (Å²) >= 11 is 0. The van der Waals surface area contributed by atoms with E-state index in [4.69, 9.17) is 9.47 Å². The van der Waals surface area contributed by atoms with Crippen molar-refractivity contribution in [2.24, 2.45) is 5.41 Å². The molecule has 1 aliphatic carbocycles. The summed E-state index contributed by atoms with van der Waals surface area (Å²) in [5.74, 6) is -1.53. The van der Waals surface area contributed by atoms with Crippen LogP contribution in [0.4, 0.5) is 4.39 Å². The predicted octanol–water partition coefficient (Wildman–Crippen LogP) is 6.42. The number of nitriles is 1. The number of hydrogen-bond donors (Lipinski definition) is 0. The van der Waals surface area contributed by atoms with Crippen LogP contribution in [0.5, 0.6) is 11.6 Å². The Morgan fingerprint density at radius 3 is 2.26 bits per heavy atom. The van der Waals surface area contributed by atoms with Gasteiger partial charge in [0.05, 0.1) is 18.4 Å². The van der Waals surface area contributed by atoms with Crippen LogP contribution in [0.1, 0.15) is 62.9 Å². The van der Waals surface area contributed by atoms with Gasteiger partial charge in [0, 0.05) is 5.92 Å². The molecule has 0 spiro atoms. The maximum atomic E-state index is 14.9. The van der Waals surface area contributed by atoms with Crippen molar-refractivity contribution in [3.05, 3.63) is 88.9 Å². The van der Waals surface area contributed by atoms with E-state index in [1.165, 1.54) is 12.7 Å². The van der Waals surface area contributed by atoms with Crippen LogP contribution in [0.3, 0.4) is 0 Å². The zero-order chi connectivity index (χ0) is 25.6. The normalized spacial score (nSPS) is 20.6. The molecule has 3 aromatic rings. The summed E-state index contributed by atoms with van der Waals surface area (Å²) in [6, 6.07) is 19.9. The highest BCUT2D eigenvalue weighted by Crippen LogP contribution is 2.75. The molecule has 1 aromatic heterocycles. The van der Waals surface area contributed by atoms with Crippen LogP contribution in [0.2, 0.25) is 0 Å². The number of carbonyl (C=O) groups excluding carboxylic acids is 1. The quantitative estimate of drug-likeness (QED) is 0.401. The van der Waals surface area contributed by atoms with Crippen LogP contribution in [-0.2, 0) is 20.4 Å². The van der Waals surface area contributed by atoms with Gasteiger partial charge in [-0.2, -0.15) is 5.26 Å². The molecule has 0 saturated heterocycles. The van der Waals surface area contributed by atoms with Gasteiger partial charge in [-0.25, -0.2) is 9.37 Å². The van der Waals surface area contributed by atoms with Crippen molar-refractivity contribution in [1.29, 1.82) is 5.26 Å². The van der Waals surface area contributed by atoms with Gasteiger partial charge in [0.15, 0.2) is 5.82 Å². The molecule has 0 radical (unpaired) electrons. The second-order valence-electron chi connectivity index (χ2n) is 10.5. The van der Waals surface area contributed by atoms with E-state index in [1.807, 2.05) is 38.1 Å². The van der Waals surface area contributed by atoms with Gasteiger partial charge in [-0.15, -0.1) is 0 Å². The first kappa shape index (κ1) is 24.4. The molecule has 0 aliphatic heterocycles. The third-order valence-corrected chi connectivity index (χ3v) is 7.10. The van der Waals surface area contributed by atoms with Gasteiger partial charge in [0.2, 0.25) is 0 Å². The molecule has 2 atom stereocenters. The van der Waals surface area contributed by atoms with Gasteiger partial charge < -0.3 is 9.47 Å². The fourth-order valence-corrected chi connectivity index (χ4v) is 5.22. The molecule has 0 N–H and O–H groups in total. The maximum Gasteiger partial charge on any atom is 0.319 e. The highest BCUT2D eigenvalue weighted by Gasteiger charge is 2.79. The fraction of sp³-hybridized carbons (Fsp3) is 0.345. The van der Waals surface area contributed by atoms with Crippen LogP contribution in [0.25, 0.3) is 0 Å². The fourth-order valence-electron chi connectivity index (χ4n) is 5.22. The molecular weight excluding hydrogens is 443 g/mol. The molecular formula is C29H29FN2O3. The van der Waals surface area contributed by atoms with Crippen molar-refractivity contribution in [2.45, 2.75) is 51.4 Å². The second-order valence-corrected chi connectivity index (χ2v) is 10.5. The predicted molar refractivity (Wildman–Crippen MR) is 131 cm³/mol. The smallest absolute Gasteiger partial charge is 0.319 e. The van der Waals surface area contributed by atoms with E-state index < -0.39 is 22.6 Å². The number of hydrogen-bond acceptors (Lipinski definition) is 5. The number of halogens is 1. The van der Waals surface area contributed by atoms with Crippen LogP contribution in [0, 0.1) is 22.6 Å². The summed E-state index contributed by atoms with van der Waals surface area (Å²) < 4.78 is 25.9. The Morgan fingerprint density at radius 1 is 1.09 bits per heavy atom. The minimum Gasteiger partial charge on any atom is -0.468 e. The molecule has 6 heteroatoms. The number of pyridine rings is 1. The summed E-state index contributed by atoms with van der Waals surface area (Å²) in [6.45, 7) is 10.3. The Kier molecular flexibility index (Phi) is 5.92. The lowest BCUT2D eigenvalue weighted by molar-refractivity contribution is -0.145. The average Bonchev–Trinajstić information content (AvgIpc) is 3.36. The van der Waals surface area contributed by atoms with E-state index >= 15 is 0 Å². The number of ether oxygens (including phenoxy) is 2. The maximum absolute atomic E-state index is 14.9. The van der Waals surface area contributed by atoms with Crippen LogP contribution in [0.15, 0.2) is 60.7 Å². The number of methoxy groups -OCH3 is 1. The Labute approximate surface area is 205 Å². The van der Waals surface area contributed by atoms with Crippen LogP contribution >= 0.6 is 0 Å². The molecule has 0 amide bonds. The van der Waals surface area contributed by atoms with Gasteiger partial charge in [0.1, 0.15) is 17.2 Å². The third kappa shape index (κ3) is 3.85. The van der Waals surface area contributed by atoms with Crippen molar-refractivity contribution < 1.29 is 18.7 Å². The molecule has 180 valence electrons. The minimum atomic E-state index is -1.28. The molecule has 1 heterocycles.